The van der Waals surface area contributed by atoms with Crippen molar-refractivity contribution in [3.05, 3.63) is 0 Å². The maximum absolute atomic E-state index is 11.3. The molecule has 78 valence electrons. The number of nitrogens with one attached hydrogen (secondary N) is 2. The van der Waals surface area contributed by atoms with Crippen molar-refractivity contribution in [2.24, 2.45) is 0 Å². The molecule has 0 aromatic rings. The van der Waals surface area contributed by atoms with Crippen molar-refractivity contribution in [1.82, 2.24) is 10.6 Å². The van der Waals surface area contributed by atoms with E-state index >= 15 is 0 Å². The lowest BCUT2D eigenvalue weighted by Gasteiger charge is -2.23. The highest BCUT2D eigenvalue weighted by molar-refractivity contribution is 6.79. The van der Waals surface area contributed by atoms with Crippen molar-refractivity contribution in [2.45, 2.75) is 43.6 Å². The van der Waals surface area contributed by atoms with Crippen LogP contribution in [-0.2, 0) is 4.79 Å². The minimum atomic E-state index is -1.20. The molecule has 0 aromatic heterocycles. The van der Waals surface area contributed by atoms with Gasteiger partial charge in [-0.2, -0.15) is 0 Å². The van der Waals surface area contributed by atoms with Crippen LogP contribution in [-0.4, -0.2) is 26.1 Å². The molecule has 2 fully saturated rings. The number of rotatable bonds is 2. The summed E-state index contributed by atoms with van der Waals surface area (Å²) in [5, 5.41) is 4.98. The highest BCUT2D eigenvalue weighted by atomic mass is 28.3. The molecule has 0 radical (unpaired) electrons. The molecule has 0 aliphatic carbocycles. The summed E-state index contributed by atoms with van der Waals surface area (Å²) < 4.78 is 0. The molecule has 14 heavy (non-hydrogen) atoms. The van der Waals surface area contributed by atoms with E-state index in [1.54, 1.807) is 0 Å². The van der Waals surface area contributed by atoms with Gasteiger partial charge in [0, 0.05) is 0 Å². The van der Waals surface area contributed by atoms with Crippen LogP contribution in [0.5, 0.6) is 0 Å². The predicted octanol–water partition coefficient (Wildman–Crippen LogP) is 1.07. The third-order valence-corrected chi connectivity index (χ3v) is 7.88. The van der Waals surface area contributed by atoms with Crippen molar-refractivity contribution in [3.63, 3.8) is 0 Å². The van der Waals surface area contributed by atoms with E-state index < -0.39 is 8.07 Å². The first-order valence-corrected chi connectivity index (χ1v) is 8.33. The third-order valence-electron chi connectivity index (χ3n) is 3.37. The van der Waals surface area contributed by atoms with Crippen LogP contribution in [0.25, 0.3) is 0 Å². The zero-order chi connectivity index (χ0) is 10.2. The summed E-state index contributed by atoms with van der Waals surface area (Å²) in [4.78, 5) is 22.3. The third kappa shape index (κ3) is 1.82. The van der Waals surface area contributed by atoms with Gasteiger partial charge in [-0.05, 0) is 6.04 Å². The van der Waals surface area contributed by atoms with Gasteiger partial charge in [0.1, 0.15) is 6.04 Å². The number of carbonyl (C=O) groups excluding carboxylic acids is 2. The van der Waals surface area contributed by atoms with Crippen LogP contribution in [0, 0.1) is 0 Å². The summed E-state index contributed by atoms with van der Waals surface area (Å²) in [7, 11) is -1.20. The molecule has 0 spiro atoms. The molecule has 5 heteroatoms. The lowest BCUT2D eigenvalue weighted by atomic mass is 10.3. The Balaban J connectivity index is 1.97. The molecule has 2 rings (SSSR count). The van der Waals surface area contributed by atoms with E-state index in [4.69, 9.17) is 0 Å². The van der Waals surface area contributed by atoms with Crippen LogP contribution in [0.1, 0.15) is 12.8 Å². The number of urea groups is 1. The summed E-state index contributed by atoms with van der Waals surface area (Å²) in [6.07, 6.45) is 2.62. The predicted molar refractivity (Wildman–Crippen MR) is 55.7 cm³/mol. The van der Waals surface area contributed by atoms with Crippen molar-refractivity contribution in [2.75, 3.05) is 0 Å². The molecule has 0 bridgehead atoms. The SMILES string of the molecule is C[Si]1(C[C@@H]2NC(=O)NC2=O)CCCC1. The van der Waals surface area contributed by atoms with Crippen molar-refractivity contribution >= 4 is 20.0 Å². The molecule has 0 saturated carbocycles. The van der Waals surface area contributed by atoms with Gasteiger partial charge in [0.2, 0.25) is 5.91 Å². The maximum Gasteiger partial charge on any atom is 0.322 e. The van der Waals surface area contributed by atoms with Crippen molar-refractivity contribution < 1.29 is 9.59 Å². The summed E-state index contributed by atoms with van der Waals surface area (Å²) in [6, 6.07) is 2.98. The van der Waals surface area contributed by atoms with Gasteiger partial charge >= 0.3 is 6.03 Å². The minimum absolute atomic E-state index is 0.129. The van der Waals surface area contributed by atoms with E-state index in [0.717, 1.165) is 6.04 Å². The topological polar surface area (TPSA) is 58.2 Å². The molecule has 3 amide bonds. The number of carbonyl (C=O) groups is 2. The number of hydrogen-bond donors (Lipinski definition) is 2. The van der Waals surface area contributed by atoms with Gasteiger partial charge in [0.05, 0.1) is 8.07 Å². The zero-order valence-corrected chi connectivity index (χ0v) is 9.43. The minimum Gasteiger partial charge on any atom is -0.326 e. The van der Waals surface area contributed by atoms with E-state index in [1.165, 1.54) is 24.9 Å². The Kier molecular flexibility index (Phi) is 2.34. The van der Waals surface area contributed by atoms with E-state index in [-0.39, 0.29) is 18.0 Å². The Morgan fingerprint density at radius 2 is 2.00 bits per heavy atom. The highest BCUT2D eigenvalue weighted by Gasteiger charge is 2.39. The van der Waals surface area contributed by atoms with Gasteiger partial charge in [-0.15, -0.1) is 0 Å². The second kappa shape index (κ2) is 3.38. The summed E-state index contributed by atoms with van der Waals surface area (Å²) in [5.74, 6) is -0.129. The van der Waals surface area contributed by atoms with E-state index in [0.29, 0.717) is 0 Å². The molecular weight excluding hydrogens is 196 g/mol. The Bertz CT molecular complexity index is 274. The molecule has 0 aromatic carbocycles. The Morgan fingerprint density at radius 3 is 2.50 bits per heavy atom. The van der Waals surface area contributed by atoms with Crippen LogP contribution >= 0.6 is 0 Å². The fraction of sp³-hybridized carbons (Fsp3) is 0.778. The molecule has 4 nitrogen and oxygen atoms in total. The number of hydrogen-bond acceptors (Lipinski definition) is 2. The first kappa shape index (κ1) is 9.70. The van der Waals surface area contributed by atoms with Crippen LogP contribution in [0.2, 0.25) is 24.7 Å². The van der Waals surface area contributed by atoms with Gasteiger partial charge in [-0.1, -0.05) is 31.5 Å². The van der Waals surface area contributed by atoms with Crippen molar-refractivity contribution in [3.8, 4) is 0 Å². The molecule has 2 saturated heterocycles. The van der Waals surface area contributed by atoms with Crippen LogP contribution in [0.3, 0.4) is 0 Å². The highest BCUT2D eigenvalue weighted by Crippen LogP contribution is 2.34. The molecule has 2 heterocycles. The largest absolute Gasteiger partial charge is 0.326 e. The number of imide groups is 1. The average Bonchev–Trinajstić information content (AvgIpc) is 2.61. The molecule has 2 N–H and O–H groups in total. The second-order valence-corrected chi connectivity index (χ2v) is 9.77. The number of amides is 3. The summed E-state index contributed by atoms with van der Waals surface area (Å²) in [6.45, 7) is 2.34. The van der Waals surface area contributed by atoms with Crippen LogP contribution in [0.15, 0.2) is 0 Å². The van der Waals surface area contributed by atoms with Gasteiger partial charge < -0.3 is 5.32 Å². The Labute approximate surface area is 84.5 Å². The lowest BCUT2D eigenvalue weighted by molar-refractivity contribution is -0.119. The Hall–Kier alpha value is -0.843. The normalized spacial score (nSPS) is 30.2. The van der Waals surface area contributed by atoms with Gasteiger partial charge in [0.15, 0.2) is 0 Å². The lowest BCUT2D eigenvalue weighted by Crippen LogP contribution is -2.39. The fourth-order valence-electron chi connectivity index (χ4n) is 2.53. The zero-order valence-electron chi connectivity index (χ0n) is 8.43. The van der Waals surface area contributed by atoms with Crippen LogP contribution < -0.4 is 10.6 Å². The summed E-state index contributed by atoms with van der Waals surface area (Å²) >= 11 is 0. The second-order valence-electron chi connectivity index (χ2n) is 4.74. The first-order chi connectivity index (χ1) is 6.59. The molecular formula is C9H16N2O2Si. The first-order valence-electron chi connectivity index (χ1n) is 5.20. The van der Waals surface area contributed by atoms with E-state index in [1.807, 2.05) is 0 Å². The fourth-order valence-corrected chi connectivity index (χ4v) is 6.67. The maximum atomic E-state index is 11.3. The molecule has 2 aliphatic heterocycles. The summed E-state index contributed by atoms with van der Waals surface area (Å²) in [5.41, 5.74) is 0. The monoisotopic (exact) mass is 212 g/mol. The van der Waals surface area contributed by atoms with Gasteiger partial charge in [-0.25, -0.2) is 4.79 Å². The quantitative estimate of drug-likeness (QED) is 0.531. The standard InChI is InChI=1S/C9H16N2O2Si/c1-14(4-2-3-5-14)6-7-8(12)11-9(13)10-7/h7H,2-6H2,1H3,(H2,10,11,12,13)/t7-/m0/s1. The Morgan fingerprint density at radius 1 is 1.36 bits per heavy atom. The van der Waals surface area contributed by atoms with Crippen LogP contribution in [0.4, 0.5) is 4.79 Å². The smallest absolute Gasteiger partial charge is 0.322 e. The van der Waals surface area contributed by atoms with Gasteiger partial charge in [0.25, 0.3) is 0 Å². The molecule has 1 atom stereocenters. The molecule has 2 aliphatic rings. The average molecular weight is 212 g/mol. The van der Waals surface area contributed by atoms with E-state index in [9.17, 15) is 9.59 Å². The van der Waals surface area contributed by atoms with Crippen molar-refractivity contribution in [1.29, 1.82) is 0 Å². The van der Waals surface area contributed by atoms with E-state index in [2.05, 4.69) is 17.2 Å². The van der Waals surface area contributed by atoms with Gasteiger partial charge in [-0.3, -0.25) is 10.1 Å². The molecule has 0 unspecified atom stereocenters.